The maximum Gasteiger partial charge on any atom is 0.337 e. The van der Waals surface area contributed by atoms with Gasteiger partial charge in [-0.05, 0) is 68.2 Å². The Hall–Kier alpha value is -3.79. The lowest BCUT2D eigenvalue weighted by atomic mass is 10.1. The van der Waals surface area contributed by atoms with Gasteiger partial charge in [-0.1, -0.05) is 35.6 Å². The number of fused-ring (bicyclic) bond motifs is 1. The summed E-state index contributed by atoms with van der Waals surface area (Å²) in [7, 11) is 5.36. The van der Waals surface area contributed by atoms with E-state index in [0.717, 1.165) is 22.3 Å². The molecule has 1 aromatic heterocycles. The minimum atomic E-state index is -0.369. The third kappa shape index (κ3) is 7.60. The summed E-state index contributed by atoms with van der Waals surface area (Å²) in [5, 5.41) is 3.54. The van der Waals surface area contributed by atoms with Crippen LogP contribution in [0.2, 0.25) is 0 Å². The van der Waals surface area contributed by atoms with Gasteiger partial charge >= 0.3 is 5.97 Å². The number of anilines is 1. The maximum atomic E-state index is 12.8. The predicted molar refractivity (Wildman–Crippen MR) is 146 cm³/mol. The summed E-state index contributed by atoms with van der Waals surface area (Å²) in [5.41, 5.74) is 3.11. The molecule has 0 atom stereocenters. The molecule has 0 fully saturated rings. The van der Waals surface area contributed by atoms with Crippen molar-refractivity contribution in [2.45, 2.75) is 6.54 Å². The number of amides is 1. The number of likely N-dealkylation sites (N-methyl/N-ethyl adjacent to an activating group) is 1. The number of benzene rings is 3. The van der Waals surface area contributed by atoms with Crippen LogP contribution in [-0.4, -0.2) is 67.5 Å². The van der Waals surface area contributed by atoms with Gasteiger partial charge in [0.25, 0.3) is 5.19 Å². The number of rotatable bonds is 11. The van der Waals surface area contributed by atoms with Crippen molar-refractivity contribution < 1.29 is 19.1 Å². The highest BCUT2D eigenvalue weighted by Gasteiger charge is 2.14. The van der Waals surface area contributed by atoms with Crippen molar-refractivity contribution in [3.63, 3.8) is 0 Å². The van der Waals surface area contributed by atoms with Crippen LogP contribution in [0.1, 0.15) is 15.9 Å². The number of nitrogens with one attached hydrogen (secondary N) is 1. The van der Waals surface area contributed by atoms with Gasteiger partial charge in [0.1, 0.15) is 5.75 Å². The molecule has 0 unspecified atom stereocenters. The summed E-state index contributed by atoms with van der Waals surface area (Å²) >= 11 is 1.49. The van der Waals surface area contributed by atoms with E-state index in [1.165, 1.54) is 18.4 Å². The first-order chi connectivity index (χ1) is 17.9. The van der Waals surface area contributed by atoms with Gasteiger partial charge in [0, 0.05) is 25.3 Å². The van der Waals surface area contributed by atoms with Crippen LogP contribution in [-0.2, 0) is 16.1 Å². The highest BCUT2D eigenvalue weighted by Crippen LogP contribution is 2.31. The maximum absolute atomic E-state index is 12.8. The van der Waals surface area contributed by atoms with E-state index in [2.05, 4.69) is 20.1 Å². The van der Waals surface area contributed by atoms with Gasteiger partial charge in [0.15, 0.2) is 0 Å². The number of methoxy groups -OCH3 is 1. The Morgan fingerprint density at radius 2 is 1.68 bits per heavy atom. The zero-order valence-corrected chi connectivity index (χ0v) is 22.0. The summed E-state index contributed by atoms with van der Waals surface area (Å²) in [6, 6.07) is 22.4. The number of aromatic nitrogens is 1. The third-order valence-electron chi connectivity index (χ3n) is 5.63. The second kappa shape index (κ2) is 12.4. The van der Waals surface area contributed by atoms with Crippen molar-refractivity contribution in [3.8, 4) is 10.9 Å². The molecule has 9 heteroatoms. The van der Waals surface area contributed by atoms with E-state index in [1.807, 2.05) is 74.8 Å². The second-order valence-corrected chi connectivity index (χ2v) is 9.82. The SMILES string of the molecule is COC(=O)c1ccc(CN(CCN(C)C)CC(=O)Nc2ccc(Oc3nc4ccccc4s3)cc2)cc1. The number of nitrogens with zero attached hydrogens (tertiary/aromatic N) is 3. The third-order valence-corrected chi connectivity index (χ3v) is 6.54. The standard InChI is InChI=1S/C28H30N4O4S/c1-31(2)16-17-32(18-20-8-10-21(11-9-20)27(34)35-3)19-26(33)29-22-12-14-23(15-13-22)36-28-30-24-6-4-5-7-25(24)37-28/h4-15H,16-19H2,1-3H3,(H,29,33). The fourth-order valence-electron chi connectivity index (χ4n) is 3.68. The van der Waals surface area contributed by atoms with Crippen LogP contribution in [0.5, 0.6) is 10.9 Å². The molecule has 0 saturated heterocycles. The Morgan fingerprint density at radius 3 is 2.35 bits per heavy atom. The molecule has 3 aromatic carbocycles. The molecular formula is C28H30N4O4S. The molecule has 1 heterocycles. The monoisotopic (exact) mass is 518 g/mol. The Kier molecular flexibility index (Phi) is 8.84. The van der Waals surface area contributed by atoms with Gasteiger partial charge in [-0.2, -0.15) is 0 Å². The van der Waals surface area contributed by atoms with E-state index in [0.29, 0.717) is 35.3 Å². The molecule has 0 aliphatic rings. The fraction of sp³-hybridized carbons (Fsp3) is 0.250. The van der Waals surface area contributed by atoms with Gasteiger partial charge in [-0.3, -0.25) is 9.69 Å². The van der Waals surface area contributed by atoms with Crippen LogP contribution in [0, 0.1) is 0 Å². The number of para-hydroxylation sites is 1. The van der Waals surface area contributed by atoms with Gasteiger partial charge in [0.05, 0.1) is 29.4 Å². The molecule has 8 nitrogen and oxygen atoms in total. The summed E-state index contributed by atoms with van der Waals surface area (Å²) in [6.07, 6.45) is 0. The van der Waals surface area contributed by atoms with E-state index >= 15 is 0 Å². The Balaban J connectivity index is 1.34. The van der Waals surface area contributed by atoms with Crippen LogP contribution in [0.4, 0.5) is 5.69 Å². The lowest BCUT2D eigenvalue weighted by Crippen LogP contribution is -2.37. The first-order valence-corrected chi connectivity index (χ1v) is 12.7. The van der Waals surface area contributed by atoms with Crippen LogP contribution in [0.15, 0.2) is 72.8 Å². The smallest absolute Gasteiger partial charge is 0.337 e. The van der Waals surface area contributed by atoms with Gasteiger partial charge < -0.3 is 19.7 Å². The van der Waals surface area contributed by atoms with Crippen molar-refractivity contribution in [1.82, 2.24) is 14.8 Å². The van der Waals surface area contributed by atoms with E-state index < -0.39 is 0 Å². The number of hydrogen-bond acceptors (Lipinski definition) is 8. The van der Waals surface area contributed by atoms with Crippen molar-refractivity contribution in [1.29, 1.82) is 0 Å². The topological polar surface area (TPSA) is 84.0 Å². The quantitative estimate of drug-likeness (QED) is 0.283. The predicted octanol–water partition coefficient (Wildman–Crippen LogP) is 4.88. The zero-order valence-electron chi connectivity index (χ0n) is 21.1. The average Bonchev–Trinajstić information content (AvgIpc) is 3.30. The molecule has 0 aliphatic carbocycles. The van der Waals surface area contributed by atoms with Crippen LogP contribution < -0.4 is 10.1 Å². The summed E-state index contributed by atoms with van der Waals surface area (Å²) in [4.78, 5) is 33.2. The summed E-state index contributed by atoms with van der Waals surface area (Å²) in [5.74, 6) is 0.178. The lowest BCUT2D eigenvalue weighted by molar-refractivity contribution is -0.117. The highest BCUT2D eigenvalue weighted by molar-refractivity contribution is 7.20. The molecule has 4 aromatic rings. The van der Waals surface area contributed by atoms with Gasteiger partial charge in [-0.15, -0.1) is 0 Å². The zero-order chi connectivity index (χ0) is 26.2. The number of ether oxygens (including phenoxy) is 2. The number of esters is 1. The molecule has 0 saturated carbocycles. The van der Waals surface area contributed by atoms with E-state index in [9.17, 15) is 9.59 Å². The molecule has 0 spiro atoms. The molecule has 0 radical (unpaired) electrons. The Morgan fingerprint density at radius 1 is 0.946 bits per heavy atom. The highest BCUT2D eigenvalue weighted by atomic mass is 32.1. The van der Waals surface area contributed by atoms with Crippen LogP contribution in [0.3, 0.4) is 0 Å². The number of carbonyl (C=O) groups excluding carboxylic acids is 2. The fourth-order valence-corrected chi connectivity index (χ4v) is 4.52. The molecule has 37 heavy (non-hydrogen) atoms. The molecule has 1 amide bonds. The molecule has 1 N–H and O–H groups in total. The molecule has 192 valence electrons. The molecular weight excluding hydrogens is 488 g/mol. The molecule has 0 bridgehead atoms. The van der Waals surface area contributed by atoms with Crippen LogP contribution >= 0.6 is 11.3 Å². The van der Waals surface area contributed by atoms with E-state index in [4.69, 9.17) is 9.47 Å². The second-order valence-electron chi connectivity index (χ2n) is 8.82. The van der Waals surface area contributed by atoms with E-state index in [1.54, 1.807) is 12.1 Å². The normalized spacial score (nSPS) is 11.2. The van der Waals surface area contributed by atoms with Crippen molar-refractivity contribution in [3.05, 3.63) is 83.9 Å². The molecule has 4 rings (SSSR count). The number of hydrogen-bond donors (Lipinski definition) is 1. The largest absolute Gasteiger partial charge is 0.465 e. The number of thiazole rings is 1. The van der Waals surface area contributed by atoms with Gasteiger partial charge in [-0.25, -0.2) is 9.78 Å². The average molecular weight is 519 g/mol. The van der Waals surface area contributed by atoms with E-state index in [-0.39, 0.29) is 18.4 Å². The lowest BCUT2D eigenvalue weighted by Gasteiger charge is -2.24. The number of carbonyl (C=O) groups is 2. The van der Waals surface area contributed by atoms with Gasteiger partial charge in [0.2, 0.25) is 5.91 Å². The first kappa shape index (κ1) is 26.3. The van der Waals surface area contributed by atoms with Crippen molar-refractivity contribution >= 4 is 39.1 Å². The minimum Gasteiger partial charge on any atom is -0.465 e. The van der Waals surface area contributed by atoms with Crippen molar-refractivity contribution in [2.24, 2.45) is 0 Å². The van der Waals surface area contributed by atoms with Crippen LogP contribution in [0.25, 0.3) is 10.2 Å². The first-order valence-electron chi connectivity index (χ1n) is 11.9. The van der Waals surface area contributed by atoms with Crippen molar-refractivity contribution in [2.75, 3.05) is 46.2 Å². The summed E-state index contributed by atoms with van der Waals surface area (Å²) in [6.45, 7) is 2.34. The molecule has 0 aliphatic heterocycles. The Labute approximate surface area is 220 Å². The minimum absolute atomic E-state index is 0.107. The Bertz CT molecular complexity index is 1300. The summed E-state index contributed by atoms with van der Waals surface area (Å²) < 4.78 is 11.7.